The number of carbonyl (C=O) groups excluding carboxylic acids is 1. The SMILES string of the molecule is CSc1ccc(NC(=O)c2cc3c(s2)CCC3)cc1. The third kappa shape index (κ3) is 2.69. The second kappa shape index (κ2) is 5.39. The van der Waals surface area contributed by atoms with Gasteiger partial charge in [-0.3, -0.25) is 4.79 Å². The highest BCUT2D eigenvalue weighted by molar-refractivity contribution is 7.98. The first kappa shape index (κ1) is 12.8. The number of thioether (sulfide) groups is 1. The first-order valence-electron chi connectivity index (χ1n) is 6.33. The van der Waals surface area contributed by atoms with Gasteiger partial charge in [0.25, 0.3) is 5.91 Å². The first-order valence-corrected chi connectivity index (χ1v) is 8.37. The van der Waals surface area contributed by atoms with Crippen LogP contribution in [0.1, 0.15) is 26.5 Å². The zero-order valence-electron chi connectivity index (χ0n) is 10.7. The van der Waals surface area contributed by atoms with E-state index in [1.807, 2.05) is 30.5 Å². The lowest BCUT2D eigenvalue weighted by atomic mass is 10.2. The number of anilines is 1. The predicted molar refractivity (Wildman–Crippen MR) is 82.5 cm³/mol. The lowest BCUT2D eigenvalue weighted by molar-refractivity contribution is 0.103. The topological polar surface area (TPSA) is 29.1 Å². The van der Waals surface area contributed by atoms with Crippen molar-refractivity contribution in [3.63, 3.8) is 0 Å². The summed E-state index contributed by atoms with van der Waals surface area (Å²) < 4.78 is 0. The molecule has 0 unspecified atom stereocenters. The van der Waals surface area contributed by atoms with E-state index in [1.165, 1.54) is 21.8 Å². The Labute approximate surface area is 121 Å². The smallest absolute Gasteiger partial charge is 0.265 e. The molecular formula is C15H15NOS2. The van der Waals surface area contributed by atoms with E-state index in [1.54, 1.807) is 23.1 Å². The number of thiophene rings is 1. The van der Waals surface area contributed by atoms with Gasteiger partial charge >= 0.3 is 0 Å². The van der Waals surface area contributed by atoms with Crippen molar-refractivity contribution in [3.8, 4) is 0 Å². The molecule has 1 aliphatic carbocycles. The minimum atomic E-state index is 0.0105. The molecule has 1 aromatic carbocycles. The number of hydrogen-bond donors (Lipinski definition) is 1. The Morgan fingerprint density at radius 3 is 2.74 bits per heavy atom. The number of nitrogens with one attached hydrogen (secondary N) is 1. The number of amides is 1. The summed E-state index contributed by atoms with van der Waals surface area (Å²) in [6, 6.07) is 10.00. The minimum Gasteiger partial charge on any atom is -0.321 e. The zero-order chi connectivity index (χ0) is 13.2. The molecule has 1 heterocycles. The number of fused-ring (bicyclic) bond motifs is 1. The van der Waals surface area contributed by atoms with E-state index in [0.29, 0.717) is 0 Å². The van der Waals surface area contributed by atoms with Crippen LogP contribution in [-0.2, 0) is 12.8 Å². The van der Waals surface area contributed by atoms with E-state index < -0.39 is 0 Å². The Balaban J connectivity index is 1.72. The van der Waals surface area contributed by atoms with Gasteiger partial charge in [-0.2, -0.15) is 0 Å². The van der Waals surface area contributed by atoms with Crippen LogP contribution in [0, 0.1) is 0 Å². The first-order chi connectivity index (χ1) is 9.26. The van der Waals surface area contributed by atoms with Crippen molar-refractivity contribution in [3.05, 3.63) is 45.6 Å². The van der Waals surface area contributed by atoms with Gasteiger partial charge in [0.2, 0.25) is 0 Å². The van der Waals surface area contributed by atoms with Gasteiger partial charge in [0.1, 0.15) is 0 Å². The van der Waals surface area contributed by atoms with E-state index in [-0.39, 0.29) is 5.91 Å². The summed E-state index contributed by atoms with van der Waals surface area (Å²) in [4.78, 5) is 15.6. The standard InChI is InChI=1S/C15H15NOS2/c1-18-12-7-5-11(6-8-12)16-15(17)14-9-10-3-2-4-13(10)19-14/h5-9H,2-4H2,1H3,(H,16,17). The zero-order valence-corrected chi connectivity index (χ0v) is 12.4. The van der Waals surface area contributed by atoms with Crippen LogP contribution < -0.4 is 5.32 Å². The Morgan fingerprint density at radius 1 is 1.26 bits per heavy atom. The lowest BCUT2D eigenvalue weighted by Gasteiger charge is -2.04. The maximum atomic E-state index is 12.2. The molecule has 0 radical (unpaired) electrons. The maximum absolute atomic E-state index is 12.2. The summed E-state index contributed by atoms with van der Waals surface area (Å²) in [7, 11) is 0. The van der Waals surface area contributed by atoms with Crippen LogP contribution in [-0.4, -0.2) is 12.2 Å². The fourth-order valence-corrected chi connectivity index (χ4v) is 3.87. The van der Waals surface area contributed by atoms with Gasteiger partial charge in [-0.25, -0.2) is 0 Å². The van der Waals surface area contributed by atoms with E-state index in [4.69, 9.17) is 0 Å². The molecule has 0 spiro atoms. The monoisotopic (exact) mass is 289 g/mol. The summed E-state index contributed by atoms with van der Waals surface area (Å²) in [5, 5.41) is 2.96. The van der Waals surface area contributed by atoms with Crippen LogP contribution in [0.3, 0.4) is 0 Å². The van der Waals surface area contributed by atoms with Crippen molar-refractivity contribution in [1.82, 2.24) is 0 Å². The molecule has 2 aromatic rings. The molecule has 1 N–H and O–H groups in total. The second-order valence-electron chi connectivity index (χ2n) is 4.60. The Kier molecular flexibility index (Phi) is 3.62. The van der Waals surface area contributed by atoms with Crippen molar-refractivity contribution in [1.29, 1.82) is 0 Å². The molecule has 3 rings (SSSR count). The lowest BCUT2D eigenvalue weighted by Crippen LogP contribution is -2.10. The van der Waals surface area contributed by atoms with Crippen molar-refractivity contribution < 1.29 is 4.79 Å². The van der Waals surface area contributed by atoms with E-state index in [9.17, 15) is 4.79 Å². The molecule has 0 atom stereocenters. The van der Waals surface area contributed by atoms with Gasteiger partial charge in [-0.15, -0.1) is 23.1 Å². The molecule has 1 aromatic heterocycles. The number of benzene rings is 1. The molecule has 0 fully saturated rings. The highest BCUT2D eigenvalue weighted by Crippen LogP contribution is 2.31. The summed E-state index contributed by atoms with van der Waals surface area (Å²) in [6.45, 7) is 0. The largest absolute Gasteiger partial charge is 0.321 e. The van der Waals surface area contributed by atoms with Crippen LogP contribution in [0.25, 0.3) is 0 Å². The Hall–Kier alpha value is -1.26. The number of hydrogen-bond acceptors (Lipinski definition) is 3. The van der Waals surface area contributed by atoms with Gasteiger partial charge < -0.3 is 5.32 Å². The third-order valence-electron chi connectivity index (χ3n) is 3.32. The van der Waals surface area contributed by atoms with Crippen molar-refractivity contribution >= 4 is 34.7 Å². The quantitative estimate of drug-likeness (QED) is 0.858. The Bertz CT molecular complexity index is 580. The van der Waals surface area contributed by atoms with Gasteiger partial charge in [0.15, 0.2) is 0 Å². The van der Waals surface area contributed by atoms with Gasteiger partial charge in [-0.1, -0.05) is 0 Å². The summed E-state index contributed by atoms with van der Waals surface area (Å²) in [6.07, 6.45) is 5.54. The van der Waals surface area contributed by atoms with Crippen LogP contribution in [0.2, 0.25) is 0 Å². The maximum Gasteiger partial charge on any atom is 0.265 e. The summed E-state index contributed by atoms with van der Waals surface area (Å²) in [5.41, 5.74) is 2.23. The molecule has 4 heteroatoms. The molecule has 0 bridgehead atoms. The predicted octanol–water partition coefficient (Wildman–Crippen LogP) is 4.21. The average Bonchev–Trinajstić information content (AvgIpc) is 3.00. The second-order valence-corrected chi connectivity index (χ2v) is 6.61. The highest BCUT2D eigenvalue weighted by Gasteiger charge is 2.18. The van der Waals surface area contributed by atoms with E-state index >= 15 is 0 Å². The average molecular weight is 289 g/mol. The van der Waals surface area contributed by atoms with Gasteiger partial charge in [0.05, 0.1) is 4.88 Å². The molecule has 0 saturated heterocycles. The van der Waals surface area contributed by atoms with Crippen LogP contribution >= 0.6 is 23.1 Å². The van der Waals surface area contributed by atoms with Gasteiger partial charge in [0, 0.05) is 15.5 Å². The van der Waals surface area contributed by atoms with Crippen LogP contribution in [0.4, 0.5) is 5.69 Å². The van der Waals surface area contributed by atoms with Crippen molar-refractivity contribution in [2.24, 2.45) is 0 Å². The molecule has 0 saturated carbocycles. The van der Waals surface area contributed by atoms with Crippen LogP contribution in [0.15, 0.2) is 35.2 Å². The van der Waals surface area contributed by atoms with Crippen molar-refractivity contribution in [2.45, 2.75) is 24.2 Å². The van der Waals surface area contributed by atoms with E-state index in [2.05, 4.69) is 11.4 Å². The normalized spacial score (nSPS) is 13.3. The fourth-order valence-electron chi connectivity index (χ4n) is 2.31. The Morgan fingerprint density at radius 2 is 2.05 bits per heavy atom. The third-order valence-corrected chi connectivity index (χ3v) is 5.30. The van der Waals surface area contributed by atoms with Crippen LogP contribution in [0.5, 0.6) is 0 Å². The number of carbonyl (C=O) groups is 1. The summed E-state index contributed by atoms with van der Waals surface area (Å²) in [5.74, 6) is 0.0105. The highest BCUT2D eigenvalue weighted by atomic mass is 32.2. The molecule has 0 aliphatic heterocycles. The van der Waals surface area contributed by atoms with Gasteiger partial charge in [-0.05, 0) is 61.4 Å². The molecule has 19 heavy (non-hydrogen) atoms. The van der Waals surface area contributed by atoms with E-state index in [0.717, 1.165) is 23.4 Å². The molecular weight excluding hydrogens is 274 g/mol. The molecule has 1 aliphatic rings. The molecule has 98 valence electrons. The minimum absolute atomic E-state index is 0.0105. The number of aryl methyl sites for hydroxylation is 2. The van der Waals surface area contributed by atoms with Crippen molar-refractivity contribution in [2.75, 3.05) is 11.6 Å². The fraction of sp³-hybridized carbons (Fsp3) is 0.267. The molecule has 1 amide bonds. The number of rotatable bonds is 3. The summed E-state index contributed by atoms with van der Waals surface area (Å²) >= 11 is 3.34. The molecule has 2 nitrogen and oxygen atoms in total.